The molecule has 0 bridgehead atoms. The van der Waals surface area contributed by atoms with Crippen molar-refractivity contribution in [3.8, 4) is 0 Å². The van der Waals surface area contributed by atoms with Gasteiger partial charge in [0.25, 0.3) is 0 Å². The average Bonchev–Trinajstić information content (AvgIpc) is 2.06. The average molecular weight is 1500 g/mol. The Morgan fingerprint density at radius 3 is 1.07 bits per heavy atom. The van der Waals surface area contributed by atoms with Gasteiger partial charge in [0.05, 0.1) is 34.3 Å². The minimum absolute atomic E-state index is 0.132. The largest absolute Gasteiger partial charge is 0.285 e. The predicted molar refractivity (Wildman–Crippen MR) is 453 cm³/mol. The molecular formula is C82H129N9S8. The summed E-state index contributed by atoms with van der Waals surface area (Å²) in [6.07, 6.45) is 21.1. The van der Waals surface area contributed by atoms with Crippen molar-refractivity contribution in [1.29, 1.82) is 0 Å². The van der Waals surface area contributed by atoms with Crippen LogP contribution in [0, 0.1) is 16.2 Å². The molecule has 11 rings (SSSR count). The first kappa shape index (κ1) is 92.4. The van der Waals surface area contributed by atoms with Crippen LogP contribution in [0.3, 0.4) is 0 Å². The number of thiophene rings is 3. The fourth-order valence-electron chi connectivity index (χ4n) is 7.57. The summed E-state index contributed by atoms with van der Waals surface area (Å²) in [5, 5.41) is 18.2. The lowest BCUT2D eigenvalue weighted by Gasteiger charge is -2.18. The summed E-state index contributed by atoms with van der Waals surface area (Å²) in [7, 11) is 0. The number of hydrogen-bond acceptors (Lipinski definition) is 17. The molecule has 0 atom stereocenters. The van der Waals surface area contributed by atoms with Gasteiger partial charge in [-0.2, -0.15) is 15.7 Å². The van der Waals surface area contributed by atoms with Crippen LogP contribution >= 0.6 is 91.1 Å². The SMILES string of the molecule is CC(C)(C)C1=CCC=C1.CC(C)(C)C1=NCC=C1.CC(C)(C)C1=NCC=N1.CC(C)(C)c1cccs1.CC(C)(C)c1cccs1.CC(C)(C)c1ccns1.CC(C)(C)c1ccsc1.CC(C)(C)c1cscn1.CC(C)(C)c1nccs1.CC(C)(C)c1nccs1.CC(C)(C)c1ncns1. The highest BCUT2D eigenvalue weighted by Crippen LogP contribution is 2.32. The van der Waals surface area contributed by atoms with E-state index in [9.17, 15) is 0 Å². The van der Waals surface area contributed by atoms with E-state index in [1.807, 2.05) is 63.7 Å². The van der Waals surface area contributed by atoms with E-state index in [1.54, 1.807) is 63.2 Å². The van der Waals surface area contributed by atoms with Crippen LogP contribution in [0.5, 0.6) is 0 Å². The van der Waals surface area contributed by atoms with E-state index in [1.165, 1.54) is 58.7 Å². The van der Waals surface area contributed by atoms with Crippen LogP contribution in [0.2, 0.25) is 0 Å². The highest BCUT2D eigenvalue weighted by Gasteiger charge is 2.22. The van der Waals surface area contributed by atoms with Crippen LogP contribution in [0.1, 0.15) is 276 Å². The molecule has 9 nitrogen and oxygen atoms in total. The first-order valence-corrected chi connectivity index (χ1v) is 41.2. The van der Waals surface area contributed by atoms with Crippen LogP contribution in [-0.4, -0.2) is 59.5 Å². The molecule has 0 unspecified atom stereocenters. The molecule has 10 heterocycles. The minimum atomic E-state index is 0.132. The van der Waals surface area contributed by atoms with E-state index in [0.717, 1.165) is 30.4 Å². The number of thiazole rings is 3. The number of aromatic nitrogens is 6. The highest BCUT2D eigenvalue weighted by atomic mass is 32.1. The number of amidine groups is 1. The van der Waals surface area contributed by atoms with Crippen molar-refractivity contribution < 1.29 is 0 Å². The van der Waals surface area contributed by atoms with Gasteiger partial charge in [0.2, 0.25) is 0 Å². The van der Waals surface area contributed by atoms with Gasteiger partial charge < -0.3 is 0 Å². The number of hydrogen-bond donors (Lipinski definition) is 0. The maximum absolute atomic E-state index is 4.31. The molecule has 0 saturated heterocycles. The van der Waals surface area contributed by atoms with Crippen LogP contribution < -0.4 is 0 Å². The Balaban J connectivity index is 0.000000544. The van der Waals surface area contributed by atoms with Gasteiger partial charge in [0, 0.05) is 93.8 Å². The van der Waals surface area contributed by atoms with Crippen LogP contribution in [0.4, 0.5) is 0 Å². The fourth-order valence-corrected chi connectivity index (χ4v) is 13.5. The summed E-state index contributed by atoms with van der Waals surface area (Å²) in [5.41, 5.74) is 10.1. The van der Waals surface area contributed by atoms with E-state index >= 15 is 0 Å². The molecule has 0 amide bonds. The second-order valence-electron chi connectivity index (χ2n) is 35.3. The molecule has 550 valence electrons. The van der Waals surface area contributed by atoms with Crippen molar-refractivity contribution in [2.24, 2.45) is 31.2 Å². The Bertz CT molecular complexity index is 2850. The lowest BCUT2D eigenvalue weighted by Crippen LogP contribution is -2.16. The normalized spacial score (nSPS) is 13.6. The molecule has 0 saturated carbocycles. The molecule has 0 fully saturated rings. The van der Waals surface area contributed by atoms with Gasteiger partial charge >= 0.3 is 0 Å². The molecule has 8 aromatic rings. The molecule has 99 heavy (non-hydrogen) atoms. The lowest BCUT2D eigenvalue weighted by molar-refractivity contribution is 0.518. The zero-order valence-electron chi connectivity index (χ0n) is 67.3. The first-order valence-electron chi connectivity index (χ1n) is 34.3. The molecule has 0 aromatic carbocycles. The van der Waals surface area contributed by atoms with Gasteiger partial charge in [-0.25, -0.2) is 29.3 Å². The van der Waals surface area contributed by atoms with Crippen LogP contribution in [0.15, 0.2) is 155 Å². The molecule has 3 aliphatic rings. The summed E-state index contributed by atoms with van der Waals surface area (Å²) >= 11 is 13.6. The standard InChI is InChI=1S/C9H14.C8H13N.3C8H12S.C7H12N2.4C7H11NS.C6H10N2S/c1-9(2,3)8-6-4-5-7-8;1-8(2,3)7-5-4-6-9-7;1-8(2,3)7-4-5-9-6-7;2*1-8(2,3)7-5-4-6-9-7;1-7(2,3)6-8-4-5-9-6;1-7(2,3)6-4-9-5-8-6;2*1-7(2,3)6-8-4-5-9-6;1-7(2,3)6-4-5-8-9-6;1-6(2,3)5-7-4-8-9-5/h4,6-7H,5H2,1-3H3;4-5H,6H2,1-3H3;3*4-6H,1-3H3;4H,5H2,1-3H3;4*4-5H,1-3H3;4H,1-3H3. The van der Waals surface area contributed by atoms with E-state index in [4.69, 9.17) is 0 Å². The van der Waals surface area contributed by atoms with Gasteiger partial charge in [0.15, 0.2) is 0 Å². The Morgan fingerprint density at radius 2 is 0.889 bits per heavy atom. The van der Waals surface area contributed by atoms with E-state index in [0.29, 0.717) is 21.7 Å². The predicted octanol–water partition coefficient (Wildman–Crippen LogP) is 27.2. The molecule has 0 spiro atoms. The molecule has 17 heteroatoms. The minimum Gasteiger partial charge on any atom is -0.285 e. The van der Waals surface area contributed by atoms with Crippen LogP contribution in [0.25, 0.3) is 0 Å². The van der Waals surface area contributed by atoms with Crippen molar-refractivity contribution in [2.75, 3.05) is 13.1 Å². The number of rotatable bonds is 0. The van der Waals surface area contributed by atoms with E-state index < -0.39 is 0 Å². The fraction of sp³-hybridized carbons (Fsp3) is 0.573. The molecule has 1 aliphatic carbocycles. The third kappa shape index (κ3) is 40.7. The number of aliphatic imine (C=N–C) groups is 3. The monoisotopic (exact) mass is 1500 g/mol. The summed E-state index contributed by atoms with van der Waals surface area (Å²) < 4.78 is 7.95. The molecular weight excluding hydrogens is 1370 g/mol. The summed E-state index contributed by atoms with van der Waals surface area (Å²) in [6, 6.07) is 12.8. The van der Waals surface area contributed by atoms with Crippen LogP contribution in [-0.2, 0) is 43.3 Å². The smallest absolute Gasteiger partial charge is 0.129 e. The molecule has 0 radical (unpaired) electrons. The summed E-state index contributed by atoms with van der Waals surface area (Å²) in [4.78, 5) is 33.6. The second-order valence-corrected chi connectivity index (χ2v) is 42.1. The highest BCUT2D eigenvalue weighted by molar-refractivity contribution is 7.11. The lowest BCUT2D eigenvalue weighted by atomic mass is 9.87. The van der Waals surface area contributed by atoms with Gasteiger partial charge in [-0.05, 0) is 120 Å². The van der Waals surface area contributed by atoms with Crippen molar-refractivity contribution >= 4 is 109 Å². The number of allylic oxidation sites excluding steroid dienone is 5. The van der Waals surface area contributed by atoms with Crippen molar-refractivity contribution in [3.05, 3.63) is 181 Å². The first-order chi connectivity index (χ1) is 45.2. The van der Waals surface area contributed by atoms with Gasteiger partial charge in [-0.3, -0.25) is 9.98 Å². The Kier molecular flexibility index (Phi) is 38.9. The summed E-state index contributed by atoms with van der Waals surface area (Å²) in [6.45, 7) is 73.9. The topological polar surface area (TPSA) is 114 Å². The third-order valence-corrected chi connectivity index (χ3v) is 22.2. The Hall–Kier alpha value is -4.59. The Morgan fingerprint density at radius 1 is 0.364 bits per heavy atom. The van der Waals surface area contributed by atoms with Gasteiger partial charge in [-0.1, -0.05) is 265 Å². The van der Waals surface area contributed by atoms with E-state index in [-0.39, 0.29) is 37.9 Å². The Labute approximate surface area is 636 Å². The zero-order valence-corrected chi connectivity index (χ0v) is 73.8. The van der Waals surface area contributed by atoms with Crippen molar-refractivity contribution in [2.45, 2.75) is 278 Å². The van der Waals surface area contributed by atoms with Crippen molar-refractivity contribution in [3.63, 3.8) is 0 Å². The van der Waals surface area contributed by atoms with Gasteiger partial charge in [0.1, 0.15) is 17.2 Å². The third-order valence-electron chi connectivity index (χ3n) is 13.7. The molecule has 2 aliphatic heterocycles. The number of nitrogens with zero attached hydrogens (tertiary/aromatic N) is 9. The summed E-state index contributed by atoms with van der Waals surface area (Å²) in [5.74, 6) is 0.975. The van der Waals surface area contributed by atoms with E-state index in [2.05, 4.69) is 366 Å². The molecule has 0 N–H and O–H groups in total. The maximum atomic E-state index is 4.31. The maximum Gasteiger partial charge on any atom is 0.129 e. The quantitative estimate of drug-likeness (QED) is 0.149. The molecule has 8 aromatic heterocycles. The van der Waals surface area contributed by atoms with Gasteiger partial charge in [-0.15, -0.1) is 56.7 Å². The second kappa shape index (κ2) is 41.6. The zero-order chi connectivity index (χ0) is 76.0. The van der Waals surface area contributed by atoms with Crippen molar-refractivity contribution in [1.82, 2.24) is 28.7 Å².